The Bertz CT molecular complexity index is 588. The summed E-state index contributed by atoms with van der Waals surface area (Å²) >= 11 is 0. The highest BCUT2D eigenvalue weighted by molar-refractivity contribution is 7.84. The monoisotopic (exact) mass is 339 g/mol. The molecule has 3 atom stereocenters. The number of nitrogens with one attached hydrogen (secondary N) is 1. The van der Waals surface area contributed by atoms with Crippen molar-refractivity contribution in [3.8, 4) is 0 Å². The van der Waals surface area contributed by atoms with Gasteiger partial charge in [0, 0.05) is 27.5 Å². The minimum absolute atomic E-state index is 0.293. The third-order valence-electron chi connectivity index (χ3n) is 5.66. The largest absolute Gasteiger partial charge is 0.376 e. The van der Waals surface area contributed by atoms with Crippen molar-refractivity contribution in [1.82, 2.24) is 5.32 Å². The molecule has 3 nitrogen and oxygen atoms in total. The second-order valence-corrected chi connectivity index (χ2v) is 8.53. The van der Waals surface area contributed by atoms with Crippen molar-refractivity contribution in [2.75, 3.05) is 26.0 Å². The Balaban J connectivity index is 1.48. The van der Waals surface area contributed by atoms with E-state index in [9.17, 15) is 8.60 Å². The molecule has 1 aliphatic heterocycles. The molecule has 0 spiro atoms. The Kier molecular flexibility index (Phi) is 5.19. The number of piperidine rings is 1. The number of halogens is 1. The second kappa shape index (κ2) is 6.99. The van der Waals surface area contributed by atoms with Crippen LogP contribution in [0.1, 0.15) is 31.7 Å². The maximum absolute atomic E-state index is 14.0. The zero-order chi connectivity index (χ0) is 16.4. The third-order valence-corrected chi connectivity index (χ3v) is 6.58. The second-order valence-electron chi connectivity index (χ2n) is 7.15. The maximum atomic E-state index is 14.0. The van der Waals surface area contributed by atoms with E-state index in [-0.39, 0.29) is 5.82 Å². The summed E-state index contributed by atoms with van der Waals surface area (Å²) in [7, 11) is -1.15. The van der Waals surface area contributed by atoms with Gasteiger partial charge in [-0.1, -0.05) is 13.0 Å². The predicted octanol–water partition coefficient (Wildman–Crippen LogP) is 3.11. The van der Waals surface area contributed by atoms with Crippen molar-refractivity contribution in [1.29, 1.82) is 0 Å². The summed E-state index contributed by atoms with van der Waals surface area (Å²) < 4.78 is 31.1. The van der Waals surface area contributed by atoms with Crippen LogP contribution in [-0.4, -0.2) is 30.2 Å². The van der Waals surface area contributed by atoms with Crippen LogP contribution >= 0.6 is 0 Å². The number of ether oxygens (including phenoxy) is 1. The van der Waals surface area contributed by atoms with E-state index < -0.39 is 10.8 Å². The van der Waals surface area contributed by atoms with E-state index in [1.807, 2.05) is 0 Å². The van der Waals surface area contributed by atoms with Crippen LogP contribution in [0.15, 0.2) is 23.1 Å². The van der Waals surface area contributed by atoms with Crippen LogP contribution in [-0.2, 0) is 22.1 Å². The fourth-order valence-corrected chi connectivity index (χ4v) is 4.37. The van der Waals surface area contributed by atoms with Crippen LogP contribution in [0.5, 0.6) is 0 Å². The number of hydrogen-bond donors (Lipinski definition) is 1. The van der Waals surface area contributed by atoms with Crippen LogP contribution < -0.4 is 5.32 Å². The quantitative estimate of drug-likeness (QED) is 0.865. The lowest BCUT2D eigenvalue weighted by atomic mass is 9.82. The van der Waals surface area contributed by atoms with Crippen LogP contribution in [0.4, 0.5) is 4.39 Å². The van der Waals surface area contributed by atoms with E-state index in [0.717, 1.165) is 19.0 Å². The predicted molar refractivity (Wildman–Crippen MR) is 90.2 cm³/mol. The molecule has 1 aromatic carbocycles. The van der Waals surface area contributed by atoms with Gasteiger partial charge in [0.05, 0.1) is 13.2 Å². The molecule has 128 valence electrons. The van der Waals surface area contributed by atoms with Crippen molar-refractivity contribution in [3.63, 3.8) is 0 Å². The Morgan fingerprint density at radius 3 is 2.78 bits per heavy atom. The number of hydrogen-bond acceptors (Lipinski definition) is 3. The molecule has 2 fully saturated rings. The molecule has 5 heteroatoms. The smallest absolute Gasteiger partial charge is 0.129 e. The summed E-state index contributed by atoms with van der Waals surface area (Å²) in [6.07, 6.45) is 5.31. The SMILES string of the molecule is CS(=O)c1ccc(COCC2CC2(C)C2CCNCC2)c(F)c1. The normalized spacial score (nSPS) is 29.4. The summed E-state index contributed by atoms with van der Waals surface area (Å²) in [5, 5.41) is 3.42. The minimum Gasteiger partial charge on any atom is -0.376 e. The number of rotatable bonds is 6. The zero-order valence-electron chi connectivity index (χ0n) is 13.9. The lowest BCUT2D eigenvalue weighted by molar-refractivity contribution is 0.0905. The molecule has 1 saturated carbocycles. The van der Waals surface area contributed by atoms with Crippen LogP contribution in [0.25, 0.3) is 0 Å². The van der Waals surface area contributed by atoms with Gasteiger partial charge in [0.1, 0.15) is 5.82 Å². The molecular formula is C18H26FNO2S. The molecule has 0 aromatic heterocycles. The third kappa shape index (κ3) is 3.83. The van der Waals surface area contributed by atoms with E-state index in [1.54, 1.807) is 18.4 Å². The molecule has 1 aliphatic carbocycles. The molecule has 3 unspecified atom stereocenters. The summed E-state index contributed by atoms with van der Waals surface area (Å²) in [6, 6.07) is 4.75. The van der Waals surface area contributed by atoms with Gasteiger partial charge in [-0.25, -0.2) is 4.39 Å². The first-order valence-electron chi connectivity index (χ1n) is 8.41. The first-order valence-corrected chi connectivity index (χ1v) is 9.97. The lowest BCUT2D eigenvalue weighted by Crippen LogP contribution is -2.32. The average Bonchev–Trinajstić information content (AvgIpc) is 3.21. The fourth-order valence-electron chi connectivity index (χ4n) is 3.84. The Morgan fingerprint density at radius 1 is 1.39 bits per heavy atom. The van der Waals surface area contributed by atoms with Crippen molar-refractivity contribution in [2.45, 2.75) is 37.7 Å². The Morgan fingerprint density at radius 2 is 2.13 bits per heavy atom. The number of benzene rings is 1. The highest BCUT2D eigenvalue weighted by atomic mass is 32.2. The minimum atomic E-state index is -1.15. The molecule has 1 heterocycles. The van der Waals surface area contributed by atoms with E-state index in [1.165, 1.54) is 25.3 Å². The van der Waals surface area contributed by atoms with Crippen molar-refractivity contribution >= 4 is 10.8 Å². The zero-order valence-corrected chi connectivity index (χ0v) is 14.8. The topological polar surface area (TPSA) is 38.3 Å². The maximum Gasteiger partial charge on any atom is 0.129 e. The highest BCUT2D eigenvalue weighted by Gasteiger charge is 2.54. The molecule has 3 rings (SSSR count). The summed E-state index contributed by atoms with van der Waals surface area (Å²) in [5.74, 6) is 1.08. The van der Waals surface area contributed by atoms with Crippen LogP contribution in [0.3, 0.4) is 0 Å². The lowest BCUT2D eigenvalue weighted by Gasteiger charge is -2.29. The van der Waals surface area contributed by atoms with E-state index >= 15 is 0 Å². The van der Waals surface area contributed by atoms with Gasteiger partial charge in [0.2, 0.25) is 0 Å². The summed E-state index contributed by atoms with van der Waals surface area (Å²) in [5.41, 5.74) is 0.965. The summed E-state index contributed by atoms with van der Waals surface area (Å²) in [4.78, 5) is 0.520. The van der Waals surface area contributed by atoms with Gasteiger partial charge >= 0.3 is 0 Å². The molecule has 0 radical (unpaired) electrons. The highest BCUT2D eigenvalue weighted by Crippen LogP contribution is 2.59. The summed E-state index contributed by atoms with van der Waals surface area (Å²) in [6.45, 7) is 5.64. The van der Waals surface area contributed by atoms with Gasteiger partial charge in [-0.05, 0) is 61.7 Å². The van der Waals surface area contributed by atoms with Gasteiger partial charge < -0.3 is 10.1 Å². The van der Waals surface area contributed by atoms with E-state index in [0.29, 0.717) is 35.0 Å². The van der Waals surface area contributed by atoms with E-state index in [4.69, 9.17) is 4.74 Å². The molecule has 2 aliphatic rings. The Hall–Kier alpha value is -0.780. The average molecular weight is 339 g/mol. The standard InChI is InChI=1S/C18H26FNO2S/c1-18(14-5-7-20-8-6-14)10-15(18)12-22-11-13-3-4-16(23(2)21)9-17(13)19/h3-4,9,14-15,20H,5-8,10-12H2,1-2H3. The van der Waals surface area contributed by atoms with Gasteiger partial charge in [0.15, 0.2) is 0 Å². The first-order chi connectivity index (χ1) is 11.0. The van der Waals surface area contributed by atoms with Gasteiger partial charge in [-0.15, -0.1) is 0 Å². The fraction of sp³-hybridized carbons (Fsp3) is 0.667. The Labute approximate surface area is 140 Å². The van der Waals surface area contributed by atoms with Crippen molar-refractivity contribution in [3.05, 3.63) is 29.6 Å². The van der Waals surface area contributed by atoms with Gasteiger partial charge in [-0.3, -0.25) is 4.21 Å². The van der Waals surface area contributed by atoms with Gasteiger partial charge in [0.25, 0.3) is 0 Å². The van der Waals surface area contributed by atoms with Crippen LogP contribution in [0.2, 0.25) is 0 Å². The van der Waals surface area contributed by atoms with Gasteiger partial charge in [-0.2, -0.15) is 0 Å². The molecule has 1 saturated heterocycles. The molecular weight excluding hydrogens is 313 g/mol. The van der Waals surface area contributed by atoms with E-state index in [2.05, 4.69) is 12.2 Å². The van der Waals surface area contributed by atoms with Crippen LogP contribution in [0, 0.1) is 23.1 Å². The first kappa shape index (κ1) is 17.1. The van der Waals surface area contributed by atoms with Crippen molar-refractivity contribution < 1.29 is 13.3 Å². The molecule has 0 amide bonds. The molecule has 23 heavy (non-hydrogen) atoms. The molecule has 0 bridgehead atoms. The molecule has 1 aromatic rings. The molecule has 1 N–H and O–H groups in total. The van der Waals surface area contributed by atoms with Crippen molar-refractivity contribution in [2.24, 2.45) is 17.3 Å².